The second-order valence-electron chi connectivity index (χ2n) is 8.44. The standard InChI is InChI=1S/C20H40N2O3/c1-15(2)22(11-12-23-16(3)4)18-7-9-19(10-8-18)24-20-13-21(14-20)25-17(5)6/h15-20H,7-14H2,1-6H3. The monoisotopic (exact) mass is 356 g/mol. The molecule has 1 aliphatic carbocycles. The summed E-state index contributed by atoms with van der Waals surface area (Å²) in [7, 11) is 0. The second kappa shape index (κ2) is 10.2. The molecule has 5 nitrogen and oxygen atoms in total. The van der Waals surface area contributed by atoms with E-state index in [-0.39, 0.29) is 6.10 Å². The Bertz CT molecular complexity index is 362. The van der Waals surface area contributed by atoms with Crippen LogP contribution in [0.2, 0.25) is 0 Å². The Kier molecular flexibility index (Phi) is 8.62. The van der Waals surface area contributed by atoms with Crippen LogP contribution in [0.15, 0.2) is 0 Å². The maximum absolute atomic E-state index is 6.28. The molecule has 0 N–H and O–H groups in total. The number of nitrogens with zero attached hydrogens (tertiary/aromatic N) is 2. The van der Waals surface area contributed by atoms with Crippen molar-refractivity contribution in [3.63, 3.8) is 0 Å². The predicted molar refractivity (Wildman–Crippen MR) is 102 cm³/mol. The topological polar surface area (TPSA) is 34.2 Å². The van der Waals surface area contributed by atoms with Crippen molar-refractivity contribution in [2.45, 2.75) is 104 Å². The van der Waals surface area contributed by atoms with Crippen LogP contribution < -0.4 is 0 Å². The fourth-order valence-corrected chi connectivity index (χ4v) is 3.91. The highest BCUT2D eigenvalue weighted by Gasteiger charge is 2.34. The van der Waals surface area contributed by atoms with Crippen molar-refractivity contribution < 1.29 is 14.3 Å². The molecule has 0 radical (unpaired) electrons. The van der Waals surface area contributed by atoms with Crippen LogP contribution >= 0.6 is 0 Å². The summed E-state index contributed by atoms with van der Waals surface area (Å²) in [5, 5.41) is 2.02. The lowest BCUT2D eigenvalue weighted by molar-refractivity contribution is -0.271. The van der Waals surface area contributed by atoms with Crippen molar-refractivity contribution in [2.24, 2.45) is 0 Å². The molecule has 0 aromatic heterocycles. The summed E-state index contributed by atoms with van der Waals surface area (Å²) in [6, 6.07) is 1.25. The average Bonchev–Trinajstić information content (AvgIpc) is 2.49. The zero-order valence-corrected chi connectivity index (χ0v) is 17.2. The van der Waals surface area contributed by atoms with E-state index in [1.807, 2.05) is 5.06 Å². The van der Waals surface area contributed by atoms with Crippen LogP contribution in [0.3, 0.4) is 0 Å². The summed E-state index contributed by atoms with van der Waals surface area (Å²) in [5.74, 6) is 0. The van der Waals surface area contributed by atoms with Gasteiger partial charge in [-0.05, 0) is 67.2 Å². The number of rotatable bonds is 10. The molecule has 148 valence electrons. The van der Waals surface area contributed by atoms with Gasteiger partial charge in [-0.25, -0.2) is 0 Å². The van der Waals surface area contributed by atoms with Crippen molar-refractivity contribution in [1.82, 2.24) is 9.96 Å². The summed E-state index contributed by atoms with van der Waals surface area (Å²) >= 11 is 0. The van der Waals surface area contributed by atoms with E-state index in [1.54, 1.807) is 0 Å². The maximum Gasteiger partial charge on any atom is 0.0879 e. The van der Waals surface area contributed by atoms with Crippen molar-refractivity contribution >= 4 is 0 Å². The van der Waals surface area contributed by atoms with Gasteiger partial charge in [0.2, 0.25) is 0 Å². The van der Waals surface area contributed by atoms with Gasteiger partial charge in [-0.15, -0.1) is 0 Å². The first-order chi connectivity index (χ1) is 11.8. The molecule has 0 unspecified atom stereocenters. The zero-order valence-electron chi connectivity index (χ0n) is 17.2. The lowest BCUT2D eigenvalue weighted by Gasteiger charge is -2.43. The van der Waals surface area contributed by atoms with E-state index in [0.717, 1.165) is 26.2 Å². The minimum Gasteiger partial charge on any atom is -0.377 e. The minimum atomic E-state index is 0.262. The normalized spacial score (nSPS) is 26.2. The van der Waals surface area contributed by atoms with Gasteiger partial charge in [0, 0.05) is 18.6 Å². The Morgan fingerprint density at radius 2 is 1.52 bits per heavy atom. The summed E-state index contributed by atoms with van der Waals surface area (Å²) in [6.07, 6.45) is 6.22. The predicted octanol–water partition coefficient (Wildman–Crippen LogP) is 3.47. The van der Waals surface area contributed by atoms with Crippen molar-refractivity contribution in [2.75, 3.05) is 26.2 Å². The third-order valence-electron chi connectivity index (χ3n) is 5.14. The molecule has 1 aliphatic heterocycles. The summed E-state index contributed by atoms with van der Waals surface area (Å²) in [5.41, 5.74) is 0. The fraction of sp³-hybridized carbons (Fsp3) is 1.00. The number of hydrogen-bond donors (Lipinski definition) is 0. The quantitative estimate of drug-likeness (QED) is 0.599. The number of ether oxygens (including phenoxy) is 2. The molecular weight excluding hydrogens is 316 g/mol. The Morgan fingerprint density at radius 1 is 0.880 bits per heavy atom. The molecule has 2 fully saturated rings. The van der Waals surface area contributed by atoms with Crippen molar-refractivity contribution in [3.05, 3.63) is 0 Å². The molecule has 0 aromatic rings. The Labute approximate surface area is 154 Å². The van der Waals surface area contributed by atoms with Gasteiger partial charge in [0.15, 0.2) is 0 Å². The number of hydroxylamine groups is 2. The molecule has 0 amide bonds. The smallest absolute Gasteiger partial charge is 0.0879 e. The maximum atomic E-state index is 6.28. The van der Waals surface area contributed by atoms with E-state index in [4.69, 9.17) is 14.3 Å². The Hall–Kier alpha value is -0.200. The van der Waals surface area contributed by atoms with Gasteiger partial charge in [-0.2, -0.15) is 5.06 Å². The molecule has 2 aliphatic rings. The van der Waals surface area contributed by atoms with E-state index in [9.17, 15) is 0 Å². The van der Waals surface area contributed by atoms with Crippen molar-refractivity contribution in [1.29, 1.82) is 0 Å². The Balaban J connectivity index is 1.66. The lowest BCUT2D eigenvalue weighted by atomic mass is 9.91. The molecule has 25 heavy (non-hydrogen) atoms. The lowest BCUT2D eigenvalue weighted by Crippen LogP contribution is -2.54. The van der Waals surface area contributed by atoms with Gasteiger partial charge in [-0.3, -0.25) is 9.74 Å². The summed E-state index contributed by atoms with van der Waals surface area (Å²) in [6.45, 7) is 16.7. The fourth-order valence-electron chi connectivity index (χ4n) is 3.91. The Morgan fingerprint density at radius 3 is 2.04 bits per heavy atom. The van der Waals surface area contributed by atoms with Crippen LogP contribution in [-0.4, -0.2) is 72.7 Å². The first-order valence-corrected chi connectivity index (χ1v) is 10.3. The van der Waals surface area contributed by atoms with Gasteiger partial charge in [-0.1, -0.05) is 0 Å². The molecule has 1 heterocycles. The van der Waals surface area contributed by atoms with E-state index in [1.165, 1.54) is 25.7 Å². The zero-order chi connectivity index (χ0) is 18.4. The molecule has 1 saturated carbocycles. The second-order valence-corrected chi connectivity index (χ2v) is 8.44. The van der Waals surface area contributed by atoms with Crippen molar-refractivity contribution in [3.8, 4) is 0 Å². The molecule has 0 atom stereocenters. The highest BCUT2D eigenvalue weighted by Crippen LogP contribution is 2.28. The van der Waals surface area contributed by atoms with Crippen LogP contribution in [0.25, 0.3) is 0 Å². The molecule has 5 heteroatoms. The average molecular weight is 357 g/mol. The first-order valence-electron chi connectivity index (χ1n) is 10.3. The highest BCUT2D eigenvalue weighted by molar-refractivity contribution is 4.84. The van der Waals surface area contributed by atoms with E-state index >= 15 is 0 Å². The largest absolute Gasteiger partial charge is 0.377 e. The summed E-state index contributed by atoms with van der Waals surface area (Å²) in [4.78, 5) is 8.29. The van der Waals surface area contributed by atoms with Gasteiger partial charge in [0.05, 0.1) is 44.1 Å². The van der Waals surface area contributed by atoms with Crippen LogP contribution in [0, 0.1) is 0 Å². The molecule has 0 spiro atoms. The molecular formula is C20H40N2O3. The molecule has 1 saturated heterocycles. The molecule has 2 rings (SSSR count). The van der Waals surface area contributed by atoms with Gasteiger partial charge in [0.25, 0.3) is 0 Å². The van der Waals surface area contributed by atoms with E-state index in [0.29, 0.717) is 30.4 Å². The van der Waals surface area contributed by atoms with Crippen LogP contribution in [0.5, 0.6) is 0 Å². The van der Waals surface area contributed by atoms with Crippen LogP contribution in [-0.2, 0) is 14.3 Å². The van der Waals surface area contributed by atoms with Crippen LogP contribution in [0.4, 0.5) is 0 Å². The molecule has 0 bridgehead atoms. The molecule has 0 aromatic carbocycles. The third-order valence-corrected chi connectivity index (χ3v) is 5.14. The summed E-state index contributed by atoms with van der Waals surface area (Å²) < 4.78 is 12.0. The van der Waals surface area contributed by atoms with E-state index < -0.39 is 0 Å². The van der Waals surface area contributed by atoms with Crippen LogP contribution in [0.1, 0.15) is 67.2 Å². The third kappa shape index (κ3) is 7.14. The highest BCUT2D eigenvalue weighted by atomic mass is 16.7. The SMILES string of the molecule is CC(C)OCCN(C(C)C)C1CCC(OC2CN(OC(C)C)C2)CC1. The van der Waals surface area contributed by atoms with Gasteiger partial charge >= 0.3 is 0 Å². The van der Waals surface area contributed by atoms with E-state index in [2.05, 4.69) is 46.4 Å². The van der Waals surface area contributed by atoms with Gasteiger partial charge in [0.1, 0.15) is 0 Å². The first kappa shape index (κ1) is 21.1. The minimum absolute atomic E-state index is 0.262. The van der Waals surface area contributed by atoms with Gasteiger partial charge < -0.3 is 9.47 Å². The number of hydrogen-bond acceptors (Lipinski definition) is 5.